The molecule has 2 aromatic carbocycles. The summed E-state index contributed by atoms with van der Waals surface area (Å²) < 4.78 is 6.06. The summed E-state index contributed by atoms with van der Waals surface area (Å²) in [7, 11) is 0. The maximum absolute atomic E-state index is 12.9. The van der Waals surface area contributed by atoms with Gasteiger partial charge in [-0.05, 0) is 52.8 Å². The number of aliphatic hydroxyl groups is 1. The third kappa shape index (κ3) is 5.66. The highest BCUT2D eigenvalue weighted by atomic mass is 32.1. The molecule has 0 saturated carbocycles. The zero-order valence-corrected chi connectivity index (χ0v) is 20.4. The number of ether oxygens (including phenoxy) is 1. The summed E-state index contributed by atoms with van der Waals surface area (Å²) in [6.45, 7) is 4.62. The van der Waals surface area contributed by atoms with Crippen molar-refractivity contribution >= 4 is 28.8 Å². The Balaban J connectivity index is 1.58. The van der Waals surface area contributed by atoms with Gasteiger partial charge in [-0.3, -0.25) is 5.01 Å². The first kappa shape index (κ1) is 24.0. The van der Waals surface area contributed by atoms with Crippen molar-refractivity contribution in [3.05, 3.63) is 88.6 Å². The lowest BCUT2D eigenvalue weighted by molar-refractivity contribution is 0.117. The number of carbonyl (C=O) groups is 1. The minimum absolute atomic E-state index is 0.119. The number of para-hydroxylation sites is 1. The number of nitrogens with one attached hydrogen (secondary N) is 1. The van der Waals surface area contributed by atoms with E-state index in [4.69, 9.17) is 9.84 Å². The van der Waals surface area contributed by atoms with E-state index in [1.54, 1.807) is 11.3 Å². The quantitative estimate of drug-likeness (QED) is 0.393. The van der Waals surface area contributed by atoms with Crippen LogP contribution >= 0.6 is 11.3 Å². The molecule has 2 atom stereocenters. The van der Waals surface area contributed by atoms with E-state index in [0.717, 1.165) is 35.4 Å². The molecule has 7 heteroatoms. The van der Waals surface area contributed by atoms with E-state index >= 15 is 0 Å². The van der Waals surface area contributed by atoms with Gasteiger partial charge < -0.3 is 15.2 Å². The van der Waals surface area contributed by atoms with Crippen LogP contribution in [0.4, 0.5) is 10.5 Å². The third-order valence-corrected chi connectivity index (χ3v) is 6.67. The number of anilines is 1. The van der Waals surface area contributed by atoms with E-state index in [9.17, 15) is 9.90 Å². The lowest BCUT2D eigenvalue weighted by Crippen LogP contribution is -2.38. The second-order valence-electron chi connectivity index (χ2n) is 9.21. The van der Waals surface area contributed by atoms with Crippen LogP contribution < -0.4 is 10.3 Å². The molecule has 1 amide bonds. The highest BCUT2D eigenvalue weighted by molar-refractivity contribution is 7.08. The van der Waals surface area contributed by atoms with Crippen LogP contribution in [0.1, 0.15) is 43.9 Å². The predicted octanol–water partition coefficient (Wildman–Crippen LogP) is 5.61. The van der Waals surface area contributed by atoms with Crippen molar-refractivity contribution in [3.8, 4) is 0 Å². The number of thiophene rings is 1. The van der Waals surface area contributed by atoms with Gasteiger partial charge in [0, 0.05) is 18.7 Å². The molecule has 3 aromatic rings. The zero-order valence-electron chi connectivity index (χ0n) is 19.6. The Kier molecular flexibility index (Phi) is 7.65. The number of rotatable bonds is 9. The fourth-order valence-electron chi connectivity index (χ4n) is 4.02. The summed E-state index contributed by atoms with van der Waals surface area (Å²) in [4.78, 5) is 12.9. The molecule has 1 aliphatic rings. The van der Waals surface area contributed by atoms with Crippen molar-refractivity contribution in [1.82, 2.24) is 5.32 Å². The number of hydrazone groups is 1. The van der Waals surface area contributed by atoms with Crippen LogP contribution in [-0.2, 0) is 4.74 Å². The summed E-state index contributed by atoms with van der Waals surface area (Å²) in [5, 5.41) is 23.3. The molecule has 0 radical (unpaired) electrons. The van der Waals surface area contributed by atoms with E-state index in [0.29, 0.717) is 6.54 Å². The van der Waals surface area contributed by atoms with Crippen LogP contribution in [0.25, 0.3) is 0 Å². The molecule has 6 nitrogen and oxygen atoms in total. The van der Waals surface area contributed by atoms with Crippen molar-refractivity contribution in [2.24, 2.45) is 10.5 Å². The van der Waals surface area contributed by atoms with Crippen LogP contribution in [-0.4, -0.2) is 36.2 Å². The van der Waals surface area contributed by atoms with Crippen LogP contribution in [0.5, 0.6) is 0 Å². The molecule has 178 valence electrons. The standard InChI is InChI=1S/C27H31N3O3S/c1-27(2,19-31)15-9-16-28-26(32)33-25-23(20-10-5-3-6-11-20)29-30(22-12-7-4-8-13-22)24(25)21-14-17-34-18-21/h3-8,10-14,17-18,24-25,31H,9,15-16,19H2,1-2H3,(H,28,32). The molecular weight excluding hydrogens is 446 g/mol. The smallest absolute Gasteiger partial charge is 0.407 e. The van der Waals surface area contributed by atoms with Crippen LogP contribution in [0.15, 0.2) is 82.6 Å². The number of hydrogen-bond acceptors (Lipinski definition) is 6. The molecule has 0 aliphatic carbocycles. The van der Waals surface area contributed by atoms with Gasteiger partial charge in [-0.15, -0.1) is 0 Å². The number of carbonyl (C=O) groups excluding carboxylic acids is 1. The first-order valence-electron chi connectivity index (χ1n) is 11.5. The average Bonchev–Trinajstić information content (AvgIpc) is 3.51. The summed E-state index contributed by atoms with van der Waals surface area (Å²) >= 11 is 1.61. The van der Waals surface area contributed by atoms with E-state index in [2.05, 4.69) is 16.8 Å². The average molecular weight is 478 g/mol. The Hall–Kier alpha value is -3.16. The van der Waals surface area contributed by atoms with Gasteiger partial charge in [-0.1, -0.05) is 62.4 Å². The fourth-order valence-corrected chi connectivity index (χ4v) is 4.71. The summed E-state index contributed by atoms with van der Waals surface area (Å²) in [6, 6.07) is 21.6. The van der Waals surface area contributed by atoms with Gasteiger partial charge in [-0.25, -0.2) is 4.79 Å². The van der Waals surface area contributed by atoms with Gasteiger partial charge in [0.05, 0.1) is 5.69 Å². The van der Waals surface area contributed by atoms with E-state index in [1.807, 2.05) is 84.9 Å². The lowest BCUT2D eigenvalue weighted by atomic mass is 9.89. The fraction of sp³-hybridized carbons (Fsp3) is 0.333. The molecule has 1 aliphatic heterocycles. The SMILES string of the molecule is CC(C)(CO)CCCNC(=O)OC1C(c2ccccc2)=NN(c2ccccc2)C1c1ccsc1. The van der Waals surface area contributed by atoms with Crippen LogP contribution in [0.2, 0.25) is 0 Å². The zero-order chi connectivity index (χ0) is 24.0. The molecule has 4 rings (SSSR count). The Morgan fingerprint density at radius 1 is 1.12 bits per heavy atom. The Bertz CT molecular complexity index is 1080. The molecular formula is C27H31N3O3S. The Morgan fingerprint density at radius 2 is 1.82 bits per heavy atom. The van der Waals surface area contributed by atoms with Gasteiger partial charge in [0.25, 0.3) is 0 Å². The molecule has 0 spiro atoms. The van der Waals surface area contributed by atoms with Gasteiger partial charge in [0.15, 0.2) is 6.10 Å². The molecule has 0 fully saturated rings. The minimum Gasteiger partial charge on any atom is -0.437 e. The van der Waals surface area contributed by atoms with Gasteiger partial charge in [0.2, 0.25) is 0 Å². The molecule has 1 aromatic heterocycles. The number of hydrogen-bond donors (Lipinski definition) is 2. The molecule has 2 N–H and O–H groups in total. The number of nitrogens with zero attached hydrogens (tertiary/aromatic N) is 2. The van der Waals surface area contributed by atoms with Crippen LogP contribution in [0.3, 0.4) is 0 Å². The largest absolute Gasteiger partial charge is 0.437 e. The molecule has 34 heavy (non-hydrogen) atoms. The Morgan fingerprint density at radius 3 is 2.47 bits per heavy atom. The number of alkyl carbamates (subject to hydrolysis) is 1. The van der Waals surface area contributed by atoms with Gasteiger partial charge in [-0.2, -0.15) is 16.4 Å². The van der Waals surface area contributed by atoms with Gasteiger partial charge >= 0.3 is 6.09 Å². The van der Waals surface area contributed by atoms with Crippen LogP contribution in [0, 0.1) is 5.41 Å². The summed E-state index contributed by atoms with van der Waals surface area (Å²) in [5.41, 5.74) is 3.46. The second-order valence-corrected chi connectivity index (χ2v) is 9.99. The van der Waals surface area contributed by atoms with E-state index < -0.39 is 12.2 Å². The van der Waals surface area contributed by atoms with Crippen molar-refractivity contribution < 1.29 is 14.6 Å². The molecule has 0 bridgehead atoms. The number of amides is 1. The van der Waals surface area contributed by atoms with Crippen molar-refractivity contribution in [2.75, 3.05) is 18.2 Å². The molecule has 0 saturated heterocycles. The first-order chi connectivity index (χ1) is 16.5. The highest BCUT2D eigenvalue weighted by Gasteiger charge is 2.42. The summed E-state index contributed by atoms with van der Waals surface area (Å²) in [5.74, 6) is 0. The number of aliphatic hydroxyl groups excluding tert-OH is 1. The first-order valence-corrected chi connectivity index (χ1v) is 12.5. The van der Waals surface area contributed by atoms with Gasteiger partial charge in [0.1, 0.15) is 11.8 Å². The maximum atomic E-state index is 12.9. The molecule has 2 unspecified atom stereocenters. The highest BCUT2D eigenvalue weighted by Crippen LogP contribution is 2.39. The third-order valence-electron chi connectivity index (χ3n) is 5.97. The van der Waals surface area contributed by atoms with Crippen molar-refractivity contribution in [1.29, 1.82) is 0 Å². The normalized spacial score (nSPS) is 18.0. The minimum atomic E-state index is -0.578. The second kappa shape index (κ2) is 10.8. The van der Waals surface area contributed by atoms with E-state index in [1.165, 1.54) is 0 Å². The van der Waals surface area contributed by atoms with Crippen molar-refractivity contribution in [3.63, 3.8) is 0 Å². The predicted molar refractivity (Wildman–Crippen MR) is 137 cm³/mol. The van der Waals surface area contributed by atoms with E-state index in [-0.39, 0.29) is 18.1 Å². The number of benzene rings is 2. The topological polar surface area (TPSA) is 74.2 Å². The summed E-state index contributed by atoms with van der Waals surface area (Å²) in [6.07, 6.45) is 0.525. The monoisotopic (exact) mass is 477 g/mol. The maximum Gasteiger partial charge on any atom is 0.407 e. The van der Waals surface area contributed by atoms with Crippen molar-refractivity contribution in [2.45, 2.75) is 38.8 Å². The Labute approximate surface area is 204 Å². The molecule has 2 heterocycles. The lowest BCUT2D eigenvalue weighted by Gasteiger charge is -2.27.